The summed E-state index contributed by atoms with van der Waals surface area (Å²) in [5.74, 6) is 2.01. The van der Waals surface area contributed by atoms with E-state index >= 15 is 0 Å². The molecule has 0 saturated heterocycles. The fraction of sp³-hybridized carbons (Fsp3) is 0.207. The molecular formula is C29H29N3O4. The first-order valence-corrected chi connectivity index (χ1v) is 11.8. The number of benzene rings is 3. The fourth-order valence-corrected chi connectivity index (χ4v) is 4.77. The van der Waals surface area contributed by atoms with E-state index in [1.165, 1.54) is 0 Å². The van der Waals surface area contributed by atoms with Gasteiger partial charge in [-0.25, -0.2) is 4.79 Å². The Kier molecular flexibility index (Phi) is 6.54. The van der Waals surface area contributed by atoms with Gasteiger partial charge in [0.1, 0.15) is 5.75 Å². The summed E-state index contributed by atoms with van der Waals surface area (Å²) < 4.78 is 18.5. The Bertz CT molecular complexity index is 1380. The predicted molar refractivity (Wildman–Crippen MR) is 138 cm³/mol. The zero-order chi connectivity index (χ0) is 25.1. The van der Waals surface area contributed by atoms with Crippen LogP contribution in [-0.4, -0.2) is 36.8 Å². The highest BCUT2D eigenvalue weighted by Crippen LogP contribution is 2.39. The van der Waals surface area contributed by atoms with Crippen molar-refractivity contribution in [1.29, 1.82) is 0 Å². The molecule has 3 aromatic carbocycles. The van der Waals surface area contributed by atoms with Gasteiger partial charge in [-0.3, -0.25) is 0 Å². The van der Waals surface area contributed by atoms with Crippen LogP contribution in [0.25, 0.3) is 5.69 Å². The van der Waals surface area contributed by atoms with Crippen molar-refractivity contribution < 1.29 is 19.0 Å². The molecule has 1 aliphatic rings. The van der Waals surface area contributed by atoms with Crippen molar-refractivity contribution in [2.45, 2.75) is 19.1 Å². The van der Waals surface area contributed by atoms with Gasteiger partial charge in [-0.15, -0.1) is 0 Å². The van der Waals surface area contributed by atoms with Crippen LogP contribution in [0.2, 0.25) is 0 Å². The first kappa shape index (κ1) is 23.4. The van der Waals surface area contributed by atoms with Crippen molar-refractivity contribution in [2.24, 2.45) is 0 Å². The Hall–Kier alpha value is -4.39. The molecule has 5 rings (SSSR count). The van der Waals surface area contributed by atoms with Crippen LogP contribution in [0.15, 0.2) is 85.1 Å². The smallest absolute Gasteiger partial charge is 0.318 e. The Balaban J connectivity index is 1.56. The van der Waals surface area contributed by atoms with Gasteiger partial charge in [0.25, 0.3) is 0 Å². The Morgan fingerprint density at radius 3 is 2.53 bits per heavy atom. The second-order valence-electron chi connectivity index (χ2n) is 8.59. The monoisotopic (exact) mass is 483 g/mol. The summed E-state index contributed by atoms with van der Waals surface area (Å²) in [6, 6.07) is 25.3. The van der Waals surface area contributed by atoms with Crippen LogP contribution in [0.1, 0.15) is 28.4 Å². The van der Waals surface area contributed by atoms with Crippen LogP contribution in [0.3, 0.4) is 0 Å². The lowest BCUT2D eigenvalue weighted by atomic mass is 10.0. The third-order valence-corrected chi connectivity index (χ3v) is 6.53. The average Bonchev–Trinajstić information content (AvgIpc) is 3.35. The molecule has 1 N–H and O–H groups in total. The zero-order valence-electron chi connectivity index (χ0n) is 20.6. The summed E-state index contributed by atoms with van der Waals surface area (Å²) in [7, 11) is 4.87. The number of hydrogen-bond donors (Lipinski definition) is 1. The number of nitrogens with one attached hydrogen (secondary N) is 1. The molecule has 7 heteroatoms. The number of fused-ring (bicyclic) bond motifs is 3. The van der Waals surface area contributed by atoms with Crippen LogP contribution < -0.4 is 19.5 Å². The van der Waals surface area contributed by atoms with Crippen molar-refractivity contribution in [3.05, 3.63) is 107 Å². The quantitative estimate of drug-likeness (QED) is 0.403. The number of amides is 2. The van der Waals surface area contributed by atoms with Crippen molar-refractivity contribution in [1.82, 2.24) is 14.8 Å². The molecule has 1 unspecified atom stereocenters. The molecule has 1 aliphatic heterocycles. The maximum absolute atomic E-state index is 13.8. The third kappa shape index (κ3) is 4.35. The van der Waals surface area contributed by atoms with E-state index in [4.69, 9.17) is 14.2 Å². The van der Waals surface area contributed by atoms with E-state index in [2.05, 4.69) is 28.1 Å². The number of carbonyl (C=O) groups excluding carboxylic acids is 1. The topological polar surface area (TPSA) is 65.0 Å². The molecule has 0 aliphatic carbocycles. The van der Waals surface area contributed by atoms with E-state index in [1.54, 1.807) is 21.3 Å². The highest BCUT2D eigenvalue weighted by atomic mass is 16.5. The summed E-state index contributed by atoms with van der Waals surface area (Å²) in [6.07, 6.45) is 2.04. The van der Waals surface area contributed by atoms with Gasteiger partial charge >= 0.3 is 6.03 Å². The van der Waals surface area contributed by atoms with Gasteiger partial charge in [-0.2, -0.15) is 0 Å². The van der Waals surface area contributed by atoms with E-state index in [-0.39, 0.29) is 12.1 Å². The average molecular weight is 484 g/mol. The third-order valence-electron chi connectivity index (χ3n) is 6.53. The van der Waals surface area contributed by atoms with Crippen molar-refractivity contribution in [3.63, 3.8) is 0 Å². The lowest BCUT2D eigenvalue weighted by Crippen LogP contribution is -2.41. The first-order valence-electron chi connectivity index (χ1n) is 11.8. The predicted octanol–water partition coefficient (Wildman–Crippen LogP) is 5.32. The van der Waals surface area contributed by atoms with Crippen molar-refractivity contribution in [3.8, 4) is 22.9 Å². The number of rotatable bonds is 6. The van der Waals surface area contributed by atoms with Gasteiger partial charge in [0.15, 0.2) is 11.5 Å². The van der Waals surface area contributed by atoms with Crippen LogP contribution in [0.5, 0.6) is 17.2 Å². The molecule has 0 bridgehead atoms. The van der Waals surface area contributed by atoms with E-state index in [0.29, 0.717) is 24.6 Å². The molecule has 1 aromatic heterocycles. The van der Waals surface area contributed by atoms with Gasteiger partial charge in [0.2, 0.25) is 0 Å². The van der Waals surface area contributed by atoms with Crippen molar-refractivity contribution >= 4 is 6.03 Å². The number of nitrogens with zero attached hydrogens (tertiary/aromatic N) is 2. The van der Waals surface area contributed by atoms with Crippen molar-refractivity contribution in [2.75, 3.05) is 21.3 Å². The molecule has 184 valence electrons. The van der Waals surface area contributed by atoms with Crippen LogP contribution in [-0.2, 0) is 13.1 Å². The van der Waals surface area contributed by atoms with Gasteiger partial charge < -0.3 is 29.0 Å². The maximum atomic E-state index is 13.8. The lowest BCUT2D eigenvalue weighted by molar-refractivity contribution is 0.180. The molecule has 2 heterocycles. The van der Waals surface area contributed by atoms with Gasteiger partial charge in [-0.05, 0) is 59.2 Å². The second kappa shape index (κ2) is 10.1. The number of urea groups is 1. The highest BCUT2D eigenvalue weighted by Gasteiger charge is 2.33. The normalized spacial score (nSPS) is 14.3. The number of carbonyl (C=O) groups is 1. The van der Waals surface area contributed by atoms with E-state index in [1.807, 2.05) is 71.8 Å². The van der Waals surface area contributed by atoms with E-state index in [9.17, 15) is 4.79 Å². The Morgan fingerprint density at radius 1 is 0.889 bits per heavy atom. The molecule has 1 atom stereocenters. The molecular weight excluding hydrogens is 454 g/mol. The molecule has 0 fully saturated rings. The number of aromatic nitrogens is 1. The molecule has 0 spiro atoms. The molecule has 2 amide bonds. The van der Waals surface area contributed by atoms with Crippen LogP contribution in [0, 0.1) is 0 Å². The van der Waals surface area contributed by atoms with Gasteiger partial charge in [0.05, 0.1) is 39.6 Å². The number of hydrogen-bond acceptors (Lipinski definition) is 4. The minimum atomic E-state index is -0.350. The zero-order valence-corrected chi connectivity index (χ0v) is 20.6. The number of ether oxygens (including phenoxy) is 3. The van der Waals surface area contributed by atoms with Gasteiger partial charge in [0, 0.05) is 18.4 Å². The Morgan fingerprint density at radius 2 is 1.72 bits per heavy atom. The number of methoxy groups -OCH3 is 3. The van der Waals surface area contributed by atoms with E-state index < -0.39 is 0 Å². The number of para-hydroxylation sites is 1. The molecule has 4 aromatic rings. The van der Waals surface area contributed by atoms with Gasteiger partial charge in [-0.1, -0.05) is 36.4 Å². The second-order valence-corrected chi connectivity index (χ2v) is 8.59. The SMILES string of the molecule is COc1cccc(CNC(=O)N2Cc3ccccc3-n3cccc3C2c2ccc(OC)c(OC)c2)c1. The minimum absolute atomic E-state index is 0.165. The highest BCUT2D eigenvalue weighted by molar-refractivity contribution is 5.76. The molecule has 7 nitrogen and oxygen atoms in total. The summed E-state index contributed by atoms with van der Waals surface area (Å²) in [5.41, 5.74) is 5.00. The summed E-state index contributed by atoms with van der Waals surface area (Å²) in [6.45, 7) is 0.828. The standard InChI is InChI=1S/C29H29N3O4/c1-34-23-10-6-8-20(16-23)18-30-29(33)32-19-22-9-4-5-11-24(22)31-15-7-12-25(31)28(32)21-13-14-26(35-2)27(17-21)36-3/h4-17,28H,18-19H2,1-3H3,(H,30,33). The summed E-state index contributed by atoms with van der Waals surface area (Å²) >= 11 is 0. The summed E-state index contributed by atoms with van der Waals surface area (Å²) in [4.78, 5) is 15.7. The largest absolute Gasteiger partial charge is 0.497 e. The summed E-state index contributed by atoms with van der Waals surface area (Å²) in [5, 5.41) is 3.12. The Labute approximate surface area is 210 Å². The van der Waals surface area contributed by atoms with Crippen LogP contribution >= 0.6 is 0 Å². The van der Waals surface area contributed by atoms with Crippen LogP contribution in [0.4, 0.5) is 4.79 Å². The molecule has 36 heavy (non-hydrogen) atoms. The maximum Gasteiger partial charge on any atom is 0.318 e. The first-order chi connectivity index (χ1) is 17.6. The minimum Gasteiger partial charge on any atom is -0.497 e. The molecule has 0 radical (unpaired) electrons. The fourth-order valence-electron chi connectivity index (χ4n) is 4.77. The lowest BCUT2D eigenvalue weighted by Gasteiger charge is -2.31. The van der Waals surface area contributed by atoms with E-state index in [0.717, 1.165) is 33.8 Å². The molecule has 0 saturated carbocycles.